The first-order chi connectivity index (χ1) is 16.3. The Morgan fingerprint density at radius 3 is 2.64 bits per heavy atom. The van der Waals surface area contributed by atoms with Gasteiger partial charge in [-0.1, -0.05) is 48.5 Å². The number of guanidine groups is 1. The molecule has 3 heterocycles. The highest BCUT2D eigenvalue weighted by Gasteiger charge is 2.20. The molecule has 0 amide bonds. The molecule has 7 nitrogen and oxygen atoms in total. The van der Waals surface area contributed by atoms with Crippen LogP contribution in [0.5, 0.6) is 0 Å². The Morgan fingerprint density at radius 1 is 0.939 bits per heavy atom. The molecular formula is C26H31N7. The molecule has 1 saturated heterocycles. The van der Waals surface area contributed by atoms with Crippen molar-refractivity contribution in [1.82, 2.24) is 29.7 Å². The van der Waals surface area contributed by atoms with Gasteiger partial charge in [-0.25, -0.2) is 0 Å². The highest BCUT2D eigenvalue weighted by atomic mass is 15.3. The number of nitrogens with zero attached hydrogens (tertiary/aromatic N) is 6. The van der Waals surface area contributed by atoms with Gasteiger partial charge in [0.1, 0.15) is 5.82 Å². The Bertz CT molecular complexity index is 1230. The van der Waals surface area contributed by atoms with Crippen molar-refractivity contribution in [3.8, 4) is 0 Å². The number of pyridine rings is 1. The van der Waals surface area contributed by atoms with Gasteiger partial charge >= 0.3 is 0 Å². The summed E-state index contributed by atoms with van der Waals surface area (Å²) in [6.45, 7) is 8.68. The maximum absolute atomic E-state index is 4.90. The molecule has 1 aliphatic rings. The molecule has 0 spiro atoms. The van der Waals surface area contributed by atoms with E-state index in [1.807, 2.05) is 28.8 Å². The molecule has 33 heavy (non-hydrogen) atoms. The number of hydrogen-bond donors (Lipinski definition) is 1. The van der Waals surface area contributed by atoms with Crippen molar-refractivity contribution in [2.45, 2.75) is 19.9 Å². The van der Waals surface area contributed by atoms with E-state index in [1.54, 1.807) is 0 Å². The lowest BCUT2D eigenvalue weighted by Gasteiger charge is -2.36. The van der Waals surface area contributed by atoms with E-state index in [9.17, 15) is 0 Å². The summed E-state index contributed by atoms with van der Waals surface area (Å²) in [5, 5.41) is 14.7. The molecule has 0 saturated carbocycles. The Labute approximate surface area is 194 Å². The van der Waals surface area contributed by atoms with Crippen LogP contribution in [0, 0.1) is 0 Å². The summed E-state index contributed by atoms with van der Waals surface area (Å²) < 4.78 is 2.04. The zero-order valence-corrected chi connectivity index (χ0v) is 19.2. The maximum Gasteiger partial charge on any atom is 0.194 e. The molecule has 1 N–H and O–H groups in total. The van der Waals surface area contributed by atoms with E-state index >= 15 is 0 Å². The molecule has 2 aromatic carbocycles. The number of benzene rings is 2. The molecule has 0 aliphatic carbocycles. The van der Waals surface area contributed by atoms with E-state index in [1.165, 1.54) is 16.3 Å². The van der Waals surface area contributed by atoms with Gasteiger partial charge in [0.2, 0.25) is 0 Å². The second-order valence-electron chi connectivity index (χ2n) is 8.43. The molecule has 5 rings (SSSR count). The van der Waals surface area contributed by atoms with Crippen molar-refractivity contribution in [1.29, 1.82) is 0 Å². The number of aromatic nitrogens is 3. The molecule has 7 heteroatoms. The monoisotopic (exact) mass is 441 g/mol. The van der Waals surface area contributed by atoms with Gasteiger partial charge in [-0.2, -0.15) is 0 Å². The van der Waals surface area contributed by atoms with Crippen LogP contribution < -0.4 is 5.32 Å². The van der Waals surface area contributed by atoms with Crippen molar-refractivity contribution in [3.05, 3.63) is 78.2 Å². The second kappa shape index (κ2) is 10.0. The molecule has 0 radical (unpaired) electrons. The van der Waals surface area contributed by atoms with Crippen LogP contribution in [-0.4, -0.2) is 69.6 Å². The number of piperazine rings is 1. The zero-order valence-electron chi connectivity index (χ0n) is 19.2. The molecule has 1 aliphatic heterocycles. The lowest BCUT2D eigenvalue weighted by Crippen LogP contribution is -2.52. The first-order valence-corrected chi connectivity index (χ1v) is 11.8. The normalized spacial score (nSPS) is 15.4. The highest BCUT2D eigenvalue weighted by Crippen LogP contribution is 2.20. The first-order valence-electron chi connectivity index (χ1n) is 11.8. The summed E-state index contributed by atoms with van der Waals surface area (Å²) in [4.78, 5) is 9.83. The summed E-state index contributed by atoms with van der Waals surface area (Å²) >= 11 is 0. The van der Waals surface area contributed by atoms with E-state index in [4.69, 9.17) is 4.99 Å². The standard InChI is InChI=1S/C26H31N7/c1-2-27-26(28-14-13-25-30-29-24-12-5-6-15-33(24)25)32-18-16-31(17-19-32)20-22-10-7-9-21-8-3-4-11-23(21)22/h3-12,15H,2,13-14,16-20H2,1H3,(H,27,28). The number of fused-ring (bicyclic) bond motifs is 2. The van der Waals surface area contributed by atoms with Crippen molar-refractivity contribution in [2.24, 2.45) is 4.99 Å². The van der Waals surface area contributed by atoms with Gasteiger partial charge in [0.05, 0.1) is 0 Å². The maximum atomic E-state index is 4.90. The summed E-state index contributed by atoms with van der Waals surface area (Å²) in [5.74, 6) is 1.95. The lowest BCUT2D eigenvalue weighted by atomic mass is 10.0. The van der Waals surface area contributed by atoms with E-state index in [2.05, 4.69) is 74.7 Å². The molecule has 4 aromatic rings. The fourth-order valence-electron chi connectivity index (χ4n) is 4.54. The van der Waals surface area contributed by atoms with Crippen LogP contribution in [-0.2, 0) is 13.0 Å². The van der Waals surface area contributed by atoms with Crippen molar-refractivity contribution in [3.63, 3.8) is 0 Å². The number of nitrogens with one attached hydrogen (secondary N) is 1. The van der Waals surface area contributed by atoms with Crippen LogP contribution in [0.2, 0.25) is 0 Å². The third-order valence-corrected chi connectivity index (χ3v) is 6.26. The Kier molecular flexibility index (Phi) is 6.48. The van der Waals surface area contributed by atoms with Crippen LogP contribution in [0.4, 0.5) is 0 Å². The fourth-order valence-corrected chi connectivity index (χ4v) is 4.54. The molecule has 0 bridgehead atoms. The van der Waals surface area contributed by atoms with Gasteiger partial charge in [-0.15, -0.1) is 10.2 Å². The van der Waals surface area contributed by atoms with E-state index in [-0.39, 0.29) is 0 Å². The zero-order chi connectivity index (χ0) is 22.5. The third-order valence-electron chi connectivity index (χ3n) is 6.26. The van der Waals surface area contributed by atoms with E-state index in [0.29, 0.717) is 6.54 Å². The minimum Gasteiger partial charge on any atom is -0.357 e. The molecule has 1 fully saturated rings. The largest absolute Gasteiger partial charge is 0.357 e. The third kappa shape index (κ3) is 4.83. The predicted molar refractivity (Wildman–Crippen MR) is 133 cm³/mol. The number of hydrogen-bond acceptors (Lipinski definition) is 4. The number of aliphatic imine (C=N–C) groups is 1. The van der Waals surface area contributed by atoms with Crippen LogP contribution >= 0.6 is 0 Å². The quantitative estimate of drug-likeness (QED) is 0.368. The van der Waals surface area contributed by atoms with E-state index in [0.717, 1.165) is 63.1 Å². The summed E-state index contributed by atoms with van der Waals surface area (Å²) in [7, 11) is 0. The minimum absolute atomic E-state index is 0.689. The van der Waals surface area contributed by atoms with Crippen LogP contribution in [0.25, 0.3) is 16.4 Å². The predicted octanol–water partition coefficient (Wildman–Crippen LogP) is 3.21. The molecule has 0 unspecified atom stereocenters. The van der Waals surface area contributed by atoms with E-state index < -0.39 is 0 Å². The van der Waals surface area contributed by atoms with Crippen LogP contribution in [0.15, 0.2) is 71.9 Å². The average molecular weight is 442 g/mol. The molecule has 2 aromatic heterocycles. The van der Waals surface area contributed by atoms with Gasteiger partial charge in [0, 0.05) is 58.4 Å². The topological polar surface area (TPSA) is 61.1 Å². The fraction of sp³-hybridized carbons (Fsp3) is 0.346. The van der Waals surface area contributed by atoms with Gasteiger partial charge in [-0.05, 0) is 35.4 Å². The summed E-state index contributed by atoms with van der Waals surface area (Å²) in [6, 6.07) is 21.2. The highest BCUT2D eigenvalue weighted by molar-refractivity contribution is 5.85. The first kappa shape index (κ1) is 21.4. The molecular weight excluding hydrogens is 410 g/mol. The number of rotatable bonds is 6. The minimum atomic E-state index is 0.689. The SMILES string of the molecule is CCNC(=NCCc1nnc2ccccn12)N1CCN(Cc2cccc3ccccc23)CC1. The van der Waals surface area contributed by atoms with Crippen LogP contribution in [0.1, 0.15) is 18.3 Å². The van der Waals surface area contributed by atoms with Crippen molar-refractivity contribution in [2.75, 3.05) is 39.3 Å². The average Bonchev–Trinajstić information content (AvgIpc) is 3.27. The van der Waals surface area contributed by atoms with Crippen molar-refractivity contribution >= 4 is 22.4 Å². The second-order valence-corrected chi connectivity index (χ2v) is 8.43. The van der Waals surface area contributed by atoms with Crippen LogP contribution in [0.3, 0.4) is 0 Å². The Hall–Kier alpha value is -3.45. The lowest BCUT2D eigenvalue weighted by molar-refractivity contribution is 0.173. The molecule has 170 valence electrons. The van der Waals surface area contributed by atoms with Gasteiger partial charge in [-0.3, -0.25) is 14.3 Å². The smallest absolute Gasteiger partial charge is 0.194 e. The summed E-state index contributed by atoms with van der Waals surface area (Å²) in [6.07, 6.45) is 2.77. The Balaban J connectivity index is 1.19. The molecule has 0 atom stereocenters. The van der Waals surface area contributed by atoms with Gasteiger partial charge in [0.15, 0.2) is 11.6 Å². The van der Waals surface area contributed by atoms with Crippen molar-refractivity contribution < 1.29 is 0 Å². The van der Waals surface area contributed by atoms with Gasteiger partial charge in [0.25, 0.3) is 0 Å². The summed E-state index contributed by atoms with van der Waals surface area (Å²) in [5.41, 5.74) is 2.29. The van der Waals surface area contributed by atoms with Gasteiger partial charge < -0.3 is 10.2 Å². The Morgan fingerprint density at radius 2 is 1.76 bits per heavy atom.